The number of amides is 1. The molecule has 0 unspecified atom stereocenters. The van der Waals surface area contributed by atoms with Gasteiger partial charge in [0.2, 0.25) is 0 Å². The topological polar surface area (TPSA) is 73.0 Å². The van der Waals surface area contributed by atoms with Gasteiger partial charge in [0.15, 0.2) is 5.69 Å². The van der Waals surface area contributed by atoms with Crippen molar-refractivity contribution < 1.29 is 9.32 Å². The lowest BCUT2D eigenvalue weighted by Gasteiger charge is -2.07. The van der Waals surface area contributed by atoms with Gasteiger partial charge < -0.3 is 9.84 Å². The summed E-state index contributed by atoms with van der Waals surface area (Å²) in [6.45, 7) is 10.8. The van der Waals surface area contributed by atoms with Crippen molar-refractivity contribution in [2.45, 2.75) is 47.6 Å². The summed E-state index contributed by atoms with van der Waals surface area (Å²) in [5.74, 6) is 0.881. The molecule has 6 nitrogen and oxygen atoms in total. The second-order valence-corrected chi connectivity index (χ2v) is 7.42. The van der Waals surface area contributed by atoms with Crippen LogP contribution >= 0.6 is 0 Å². The van der Waals surface area contributed by atoms with Crippen LogP contribution < -0.4 is 5.32 Å². The van der Waals surface area contributed by atoms with Gasteiger partial charge in [-0.2, -0.15) is 5.10 Å². The Morgan fingerprint density at radius 1 is 1.19 bits per heavy atom. The molecule has 2 heterocycles. The monoisotopic (exact) mass is 366 g/mol. The third-order valence-corrected chi connectivity index (χ3v) is 4.47. The van der Waals surface area contributed by atoms with Crippen molar-refractivity contribution in [3.05, 3.63) is 64.3 Å². The van der Waals surface area contributed by atoms with Crippen LogP contribution in [0.2, 0.25) is 0 Å². The molecule has 1 N–H and O–H groups in total. The van der Waals surface area contributed by atoms with Crippen molar-refractivity contribution in [3.8, 4) is 0 Å². The average Bonchev–Trinajstić information content (AvgIpc) is 3.17. The van der Waals surface area contributed by atoms with Crippen LogP contribution in [0.4, 0.5) is 5.69 Å². The first-order chi connectivity index (χ1) is 12.8. The molecule has 6 heteroatoms. The van der Waals surface area contributed by atoms with Crippen LogP contribution in [0.5, 0.6) is 0 Å². The van der Waals surface area contributed by atoms with Gasteiger partial charge in [0.25, 0.3) is 5.91 Å². The first kappa shape index (κ1) is 18.9. The normalized spacial score (nSPS) is 11.2. The quantitative estimate of drug-likeness (QED) is 0.706. The van der Waals surface area contributed by atoms with E-state index in [-0.39, 0.29) is 11.6 Å². The molecule has 0 spiro atoms. The summed E-state index contributed by atoms with van der Waals surface area (Å²) in [4.78, 5) is 12.6. The van der Waals surface area contributed by atoms with Gasteiger partial charge in [-0.3, -0.25) is 9.48 Å². The number of hydrogen-bond donors (Lipinski definition) is 1. The molecule has 0 fully saturated rings. The third-order valence-electron chi connectivity index (χ3n) is 4.47. The lowest BCUT2D eigenvalue weighted by atomic mass is 10.1. The van der Waals surface area contributed by atoms with E-state index in [4.69, 9.17) is 4.52 Å². The SMILES string of the molecule is Cc1ccc(Cn2nc(C)c(NC(=O)c3cc(CC(C)C)on3)c2C)cc1. The summed E-state index contributed by atoms with van der Waals surface area (Å²) in [5.41, 5.74) is 5.09. The molecule has 0 aliphatic heterocycles. The molecule has 0 atom stereocenters. The van der Waals surface area contributed by atoms with Gasteiger partial charge in [-0.15, -0.1) is 0 Å². The Hall–Kier alpha value is -2.89. The Bertz CT molecular complexity index is 936. The van der Waals surface area contributed by atoms with Crippen LogP contribution in [0.3, 0.4) is 0 Å². The Morgan fingerprint density at radius 2 is 1.89 bits per heavy atom. The minimum absolute atomic E-state index is 0.283. The summed E-state index contributed by atoms with van der Waals surface area (Å²) < 4.78 is 7.16. The van der Waals surface area contributed by atoms with E-state index in [1.165, 1.54) is 11.1 Å². The maximum atomic E-state index is 12.6. The number of aryl methyl sites for hydroxylation is 2. The number of nitrogens with zero attached hydrogens (tertiary/aromatic N) is 3. The molecule has 1 aromatic carbocycles. The van der Waals surface area contributed by atoms with Crippen LogP contribution in [0.25, 0.3) is 0 Å². The zero-order valence-electron chi connectivity index (χ0n) is 16.5. The summed E-state index contributed by atoms with van der Waals surface area (Å²) >= 11 is 0. The Kier molecular flexibility index (Phi) is 5.44. The molecule has 1 amide bonds. The number of benzene rings is 1. The molecule has 142 valence electrons. The molecule has 3 rings (SSSR count). The summed E-state index contributed by atoms with van der Waals surface area (Å²) in [6.07, 6.45) is 0.757. The van der Waals surface area contributed by atoms with Crippen LogP contribution in [0.15, 0.2) is 34.9 Å². The minimum Gasteiger partial charge on any atom is -0.361 e. The van der Waals surface area contributed by atoms with E-state index in [1.54, 1.807) is 6.07 Å². The van der Waals surface area contributed by atoms with Crippen LogP contribution in [-0.4, -0.2) is 20.8 Å². The molecule has 0 saturated heterocycles. The summed E-state index contributed by atoms with van der Waals surface area (Å²) in [6, 6.07) is 10.1. The van der Waals surface area contributed by atoms with Crippen molar-refractivity contribution in [1.29, 1.82) is 0 Å². The minimum atomic E-state index is -0.283. The fourth-order valence-corrected chi connectivity index (χ4v) is 2.99. The number of nitrogens with one attached hydrogen (secondary N) is 1. The lowest BCUT2D eigenvalue weighted by Crippen LogP contribution is -2.13. The highest BCUT2D eigenvalue weighted by Gasteiger charge is 2.18. The van der Waals surface area contributed by atoms with Gasteiger partial charge in [-0.25, -0.2) is 0 Å². The molecular weight excluding hydrogens is 340 g/mol. The highest BCUT2D eigenvalue weighted by Crippen LogP contribution is 2.22. The number of aromatic nitrogens is 3. The van der Waals surface area contributed by atoms with E-state index in [9.17, 15) is 4.79 Å². The number of anilines is 1. The fraction of sp³-hybridized carbons (Fsp3) is 0.381. The van der Waals surface area contributed by atoms with Crippen molar-refractivity contribution in [2.24, 2.45) is 5.92 Å². The van der Waals surface area contributed by atoms with Gasteiger partial charge in [0, 0.05) is 12.5 Å². The molecule has 0 aliphatic carbocycles. The number of carbonyl (C=O) groups is 1. The zero-order chi connectivity index (χ0) is 19.6. The van der Waals surface area contributed by atoms with E-state index in [2.05, 4.69) is 60.6 Å². The first-order valence-electron chi connectivity index (χ1n) is 9.20. The maximum absolute atomic E-state index is 12.6. The third kappa shape index (κ3) is 4.45. The molecule has 0 radical (unpaired) electrons. The molecule has 0 saturated carbocycles. The first-order valence-corrected chi connectivity index (χ1v) is 9.20. The van der Waals surface area contributed by atoms with Crippen molar-refractivity contribution in [2.75, 3.05) is 5.32 Å². The van der Waals surface area contributed by atoms with Gasteiger partial charge in [-0.1, -0.05) is 48.8 Å². The van der Waals surface area contributed by atoms with Gasteiger partial charge >= 0.3 is 0 Å². The largest absolute Gasteiger partial charge is 0.361 e. The standard InChI is InChI=1S/C21H26N4O2/c1-13(2)10-18-11-19(24-27-18)21(26)22-20-15(4)23-25(16(20)5)12-17-8-6-14(3)7-9-17/h6-9,11,13H,10,12H2,1-5H3,(H,22,26). The van der Waals surface area contributed by atoms with Crippen LogP contribution in [0, 0.1) is 26.7 Å². The second kappa shape index (κ2) is 7.78. The van der Waals surface area contributed by atoms with Gasteiger partial charge in [-0.05, 0) is 32.3 Å². The van der Waals surface area contributed by atoms with Crippen LogP contribution in [0.1, 0.15) is 52.6 Å². The Morgan fingerprint density at radius 3 is 2.56 bits per heavy atom. The Labute approximate surface area is 159 Å². The highest BCUT2D eigenvalue weighted by molar-refractivity contribution is 6.03. The number of hydrogen-bond acceptors (Lipinski definition) is 4. The molecule has 0 aliphatic rings. The smallest absolute Gasteiger partial charge is 0.277 e. The van der Waals surface area contributed by atoms with Gasteiger partial charge in [0.05, 0.1) is 23.6 Å². The van der Waals surface area contributed by atoms with Crippen molar-refractivity contribution in [1.82, 2.24) is 14.9 Å². The number of rotatable bonds is 6. The average molecular weight is 366 g/mol. The molecule has 2 aromatic heterocycles. The highest BCUT2D eigenvalue weighted by atomic mass is 16.5. The van der Waals surface area contributed by atoms with Crippen molar-refractivity contribution in [3.63, 3.8) is 0 Å². The van der Waals surface area contributed by atoms with Crippen LogP contribution in [-0.2, 0) is 13.0 Å². The van der Waals surface area contributed by atoms with E-state index >= 15 is 0 Å². The predicted octanol–water partition coefficient (Wildman–Crippen LogP) is 4.30. The molecular formula is C21H26N4O2. The van der Waals surface area contributed by atoms with Crippen molar-refractivity contribution >= 4 is 11.6 Å². The predicted molar refractivity (Wildman–Crippen MR) is 105 cm³/mol. The molecule has 0 bridgehead atoms. The molecule has 27 heavy (non-hydrogen) atoms. The summed E-state index contributed by atoms with van der Waals surface area (Å²) in [5, 5.41) is 11.4. The van der Waals surface area contributed by atoms with E-state index in [0.29, 0.717) is 12.5 Å². The second-order valence-electron chi connectivity index (χ2n) is 7.42. The van der Waals surface area contributed by atoms with E-state index in [0.717, 1.165) is 29.3 Å². The number of carbonyl (C=O) groups excluding carboxylic acids is 1. The summed E-state index contributed by atoms with van der Waals surface area (Å²) in [7, 11) is 0. The van der Waals surface area contributed by atoms with E-state index < -0.39 is 0 Å². The van der Waals surface area contributed by atoms with Gasteiger partial charge in [0.1, 0.15) is 5.76 Å². The fourth-order valence-electron chi connectivity index (χ4n) is 2.99. The lowest BCUT2D eigenvalue weighted by molar-refractivity contribution is 0.101. The maximum Gasteiger partial charge on any atom is 0.277 e. The van der Waals surface area contributed by atoms with E-state index in [1.807, 2.05) is 18.5 Å². The molecule has 3 aromatic rings. The zero-order valence-corrected chi connectivity index (χ0v) is 16.5. The Balaban J connectivity index is 1.75.